The summed E-state index contributed by atoms with van der Waals surface area (Å²) in [5, 5.41) is 0.523. The number of nitrogens with zero attached hydrogens (tertiary/aromatic N) is 2. The highest BCUT2D eigenvalue weighted by molar-refractivity contribution is 6.07. The van der Waals surface area contributed by atoms with E-state index in [-0.39, 0.29) is 22.9 Å². The number of halogens is 1. The van der Waals surface area contributed by atoms with Crippen molar-refractivity contribution in [2.75, 3.05) is 7.11 Å². The monoisotopic (exact) mass is 272 g/mol. The van der Waals surface area contributed by atoms with E-state index in [4.69, 9.17) is 9.15 Å². The number of carbonyl (C=O) groups excluding carboxylic acids is 1. The number of aromatic nitrogens is 2. The second kappa shape index (κ2) is 4.73. The van der Waals surface area contributed by atoms with Crippen LogP contribution in [0.1, 0.15) is 16.2 Å². The third kappa shape index (κ3) is 2.01. The number of rotatable bonds is 3. The topological polar surface area (TPSA) is 65.2 Å². The zero-order valence-electron chi connectivity index (χ0n) is 10.5. The van der Waals surface area contributed by atoms with Gasteiger partial charge in [-0.15, -0.1) is 0 Å². The molecule has 100 valence electrons. The molecule has 0 aliphatic carbocycles. The van der Waals surface area contributed by atoms with Gasteiger partial charge in [0, 0.05) is 11.5 Å². The van der Waals surface area contributed by atoms with E-state index in [0.29, 0.717) is 5.39 Å². The summed E-state index contributed by atoms with van der Waals surface area (Å²) in [6.45, 7) is 0. The van der Waals surface area contributed by atoms with Gasteiger partial charge in [0.05, 0.1) is 7.11 Å². The van der Waals surface area contributed by atoms with Gasteiger partial charge >= 0.3 is 0 Å². The Morgan fingerprint density at radius 1 is 1.30 bits per heavy atom. The summed E-state index contributed by atoms with van der Waals surface area (Å²) in [6.07, 6.45) is 1.22. The molecule has 0 amide bonds. The van der Waals surface area contributed by atoms with E-state index in [1.165, 1.54) is 31.6 Å². The van der Waals surface area contributed by atoms with Crippen molar-refractivity contribution in [1.29, 1.82) is 0 Å². The van der Waals surface area contributed by atoms with Crippen molar-refractivity contribution >= 4 is 16.8 Å². The van der Waals surface area contributed by atoms with Gasteiger partial charge in [-0.3, -0.25) is 4.79 Å². The van der Waals surface area contributed by atoms with Crippen LogP contribution in [0.3, 0.4) is 0 Å². The molecule has 0 radical (unpaired) electrons. The number of ether oxygens (including phenoxy) is 1. The number of carbonyl (C=O) groups is 1. The normalized spacial score (nSPS) is 10.7. The highest BCUT2D eigenvalue weighted by atomic mass is 19.1. The molecule has 0 N–H and O–H groups in total. The van der Waals surface area contributed by atoms with Gasteiger partial charge in [0.15, 0.2) is 17.2 Å². The Kier molecular flexibility index (Phi) is 2.90. The summed E-state index contributed by atoms with van der Waals surface area (Å²) >= 11 is 0. The highest BCUT2D eigenvalue weighted by Gasteiger charge is 2.18. The molecule has 3 aromatic rings. The van der Waals surface area contributed by atoms with Crippen molar-refractivity contribution in [3.05, 3.63) is 53.9 Å². The van der Waals surface area contributed by atoms with Crippen LogP contribution in [0.5, 0.6) is 5.88 Å². The highest BCUT2D eigenvalue weighted by Crippen LogP contribution is 2.23. The van der Waals surface area contributed by atoms with Gasteiger partial charge in [-0.05, 0) is 12.1 Å². The molecule has 0 unspecified atom stereocenters. The maximum absolute atomic E-state index is 13.5. The number of hydrogen-bond donors (Lipinski definition) is 0. The lowest BCUT2D eigenvalue weighted by atomic mass is 10.2. The van der Waals surface area contributed by atoms with Crippen LogP contribution in [0, 0.1) is 5.82 Å². The standard InChI is InChI=1S/C14H9FN2O3/c1-19-12-6-10(16-7-17-12)13(18)11-5-8-3-2-4-9(15)14(8)20-11/h2-7H,1H3. The molecule has 20 heavy (non-hydrogen) atoms. The van der Waals surface area contributed by atoms with Crippen molar-refractivity contribution in [3.8, 4) is 5.88 Å². The summed E-state index contributed by atoms with van der Waals surface area (Å²) in [5.41, 5.74) is 0.174. The second-order valence-corrected chi connectivity index (χ2v) is 4.04. The number of para-hydroxylation sites is 1. The zero-order chi connectivity index (χ0) is 14.1. The second-order valence-electron chi connectivity index (χ2n) is 4.04. The summed E-state index contributed by atoms with van der Waals surface area (Å²) in [7, 11) is 1.44. The fraction of sp³-hybridized carbons (Fsp3) is 0.0714. The predicted octanol–water partition coefficient (Wildman–Crippen LogP) is 2.60. The Bertz CT molecular complexity index is 798. The van der Waals surface area contributed by atoms with Gasteiger partial charge in [0.2, 0.25) is 11.7 Å². The third-order valence-corrected chi connectivity index (χ3v) is 2.80. The van der Waals surface area contributed by atoms with Crippen LogP contribution in [0.4, 0.5) is 4.39 Å². The van der Waals surface area contributed by atoms with E-state index in [1.54, 1.807) is 12.1 Å². The Balaban J connectivity index is 2.05. The molecule has 2 heterocycles. The lowest BCUT2D eigenvalue weighted by Crippen LogP contribution is -2.03. The van der Waals surface area contributed by atoms with Gasteiger partial charge in [-0.2, -0.15) is 0 Å². The molecule has 1 aromatic carbocycles. The van der Waals surface area contributed by atoms with Crippen LogP contribution >= 0.6 is 0 Å². The molecule has 0 fully saturated rings. The summed E-state index contributed by atoms with van der Waals surface area (Å²) in [6, 6.07) is 7.36. The van der Waals surface area contributed by atoms with Gasteiger partial charge in [0.1, 0.15) is 12.0 Å². The molecule has 0 atom stereocenters. The number of hydrogen-bond acceptors (Lipinski definition) is 5. The Labute approximate surface area is 113 Å². The Hall–Kier alpha value is -2.76. The predicted molar refractivity (Wildman–Crippen MR) is 68.2 cm³/mol. The first-order chi connectivity index (χ1) is 9.69. The molecule has 5 nitrogen and oxygen atoms in total. The number of benzene rings is 1. The third-order valence-electron chi connectivity index (χ3n) is 2.80. The first-order valence-corrected chi connectivity index (χ1v) is 5.78. The molecule has 6 heteroatoms. The minimum atomic E-state index is -0.512. The van der Waals surface area contributed by atoms with Gasteiger partial charge in [-0.1, -0.05) is 12.1 Å². The average molecular weight is 272 g/mol. The van der Waals surface area contributed by atoms with Crippen LogP contribution in [-0.4, -0.2) is 22.9 Å². The lowest BCUT2D eigenvalue weighted by molar-refractivity contribution is 0.101. The van der Waals surface area contributed by atoms with Crippen LogP contribution in [-0.2, 0) is 0 Å². The molecule has 0 aliphatic rings. The van der Waals surface area contributed by atoms with E-state index in [0.717, 1.165) is 0 Å². The average Bonchev–Trinajstić information content (AvgIpc) is 2.92. The minimum Gasteiger partial charge on any atom is -0.481 e. The fourth-order valence-corrected chi connectivity index (χ4v) is 1.84. The quantitative estimate of drug-likeness (QED) is 0.686. The summed E-state index contributed by atoms with van der Waals surface area (Å²) in [4.78, 5) is 19.9. The number of methoxy groups -OCH3 is 1. The van der Waals surface area contributed by atoms with E-state index < -0.39 is 11.6 Å². The fourth-order valence-electron chi connectivity index (χ4n) is 1.84. The molecule has 0 spiro atoms. The molecule has 3 rings (SSSR count). The first-order valence-electron chi connectivity index (χ1n) is 5.78. The Morgan fingerprint density at radius 3 is 2.90 bits per heavy atom. The first kappa shape index (κ1) is 12.3. The molecule has 2 aromatic heterocycles. The lowest BCUT2D eigenvalue weighted by Gasteiger charge is -1.99. The van der Waals surface area contributed by atoms with Crippen molar-refractivity contribution in [2.45, 2.75) is 0 Å². The molecule has 0 bridgehead atoms. The van der Waals surface area contributed by atoms with E-state index in [1.807, 2.05) is 0 Å². The molecular weight excluding hydrogens is 263 g/mol. The SMILES string of the molecule is COc1cc(C(=O)c2cc3cccc(F)c3o2)ncn1. The van der Waals surface area contributed by atoms with E-state index >= 15 is 0 Å². The van der Waals surface area contributed by atoms with Crippen molar-refractivity contribution in [3.63, 3.8) is 0 Å². The van der Waals surface area contributed by atoms with Crippen LogP contribution in [0.15, 0.2) is 41.1 Å². The number of furan rings is 1. The van der Waals surface area contributed by atoms with Crippen molar-refractivity contribution < 1.29 is 18.3 Å². The maximum Gasteiger partial charge on any atom is 0.246 e. The van der Waals surface area contributed by atoms with E-state index in [9.17, 15) is 9.18 Å². The van der Waals surface area contributed by atoms with Crippen LogP contribution in [0.2, 0.25) is 0 Å². The molecule has 0 saturated carbocycles. The van der Waals surface area contributed by atoms with Crippen molar-refractivity contribution in [2.24, 2.45) is 0 Å². The van der Waals surface area contributed by atoms with E-state index in [2.05, 4.69) is 9.97 Å². The van der Waals surface area contributed by atoms with Crippen LogP contribution in [0.25, 0.3) is 11.0 Å². The largest absolute Gasteiger partial charge is 0.481 e. The summed E-state index contributed by atoms with van der Waals surface area (Å²) < 4.78 is 23.7. The molecule has 0 aliphatic heterocycles. The molecule has 0 saturated heterocycles. The smallest absolute Gasteiger partial charge is 0.246 e. The number of ketones is 1. The van der Waals surface area contributed by atoms with Crippen LogP contribution < -0.4 is 4.74 Å². The zero-order valence-corrected chi connectivity index (χ0v) is 10.5. The van der Waals surface area contributed by atoms with Gasteiger partial charge in [0.25, 0.3) is 0 Å². The minimum absolute atomic E-state index is 0.0193. The number of fused-ring (bicyclic) bond motifs is 1. The van der Waals surface area contributed by atoms with Crippen molar-refractivity contribution in [1.82, 2.24) is 9.97 Å². The van der Waals surface area contributed by atoms with Gasteiger partial charge < -0.3 is 9.15 Å². The molecular formula is C14H9FN2O3. The Morgan fingerprint density at radius 2 is 2.15 bits per heavy atom. The summed E-state index contributed by atoms with van der Waals surface area (Å²) in [5.74, 6) is -0.681. The van der Waals surface area contributed by atoms with Gasteiger partial charge in [-0.25, -0.2) is 14.4 Å². The maximum atomic E-state index is 13.5.